The molecule has 1 atom stereocenters. The van der Waals surface area contributed by atoms with Crippen molar-refractivity contribution in [3.63, 3.8) is 0 Å². The Labute approximate surface area is 231 Å². The van der Waals surface area contributed by atoms with Crippen LogP contribution >= 0.6 is 0 Å². The summed E-state index contributed by atoms with van der Waals surface area (Å²) in [6.45, 7) is 6.31. The van der Waals surface area contributed by atoms with Gasteiger partial charge in [0.1, 0.15) is 10.6 Å². The maximum absolute atomic E-state index is 14.0. The van der Waals surface area contributed by atoms with Crippen LogP contribution in [0.2, 0.25) is 0 Å². The van der Waals surface area contributed by atoms with Crippen LogP contribution in [0.1, 0.15) is 47.3 Å². The molecule has 0 saturated carbocycles. The van der Waals surface area contributed by atoms with Crippen LogP contribution < -0.4 is 19.7 Å². The highest BCUT2D eigenvalue weighted by molar-refractivity contribution is 7.89. The first-order chi connectivity index (χ1) is 18.9. The molecule has 0 aromatic heterocycles. The molecule has 2 aliphatic rings. The number of anilines is 2. The summed E-state index contributed by atoms with van der Waals surface area (Å²) in [6, 6.07) is 19.8. The number of carbonyl (C=O) groups is 1. The summed E-state index contributed by atoms with van der Waals surface area (Å²) in [7, 11) is -2.37. The van der Waals surface area contributed by atoms with Gasteiger partial charge in [-0.05, 0) is 73.3 Å². The summed E-state index contributed by atoms with van der Waals surface area (Å²) in [5, 5.41) is 2.87. The molecule has 8 nitrogen and oxygen atoms in total. The Bertz CT molecular complexity index is 1430. The number of hydrogen-bond acceptors (Lipinski definition) is 6. The van der Waals surface area contributed by atoms with E-state index in [1.165, 1.54) is 5.56 Å². The summed E-state index contributed by atoms with van der Waals surface area (Å²) < 4.78 is 36.3. The Morgan fingerprint density at radius 3 is 2.56 bits per heavy atom. The number of aryl methyl sites for hydroxylation is 1. The van der Waals surface area contributed by atoms with Crippen LogP contribution in [0.5, 0.6) is 5.75 Å². The molecule has 39 heavy (non-hydrogen) atoms. The average Bonchev–Trinajstić information content (AvgIpc) is 2.97. The van der Waals surface area contributed by atoms with Crippen molar-refractivity contribution in [2.24, 2.45) is 0 Å². The Balaban J connectivity index is 1.47. The standard InChI is InChI=1S/C30H36N4O4S/c1-3-33-16-18-34(19-17-33)28-15-14-24(31-30(35)23-10-6-11-25(20-23)38-2)21-29(28)39(36,37)32-27-13-7-9-22-8-4-5-12-26(22)27/h4-6,8,10-12,14-15,20-21,27,32H,3,7,9,13,16-19H2,1-2H3,(H,31,35)/t27-/m1/s1. The molecule has 0 spiro atoms. The lowest BCUT2D eigenvalue weighted by Gasteiger charge is -2.36. The molecule has 5 rings (SSSR count). The molecule has 0 radical (unpaired) electrons. The molecule has 1 aliphatic heterocycles. The van der Waals surface area contributed by atoms with Gasteiger partial charge in [0.15, 0.2) is 0 Å². The van der Waals surface area contributed by atoms with Gasteiger partial charge in [-0.3, -0.25) is 4.79 Å². The second kappa shape index (κ2) is 11.8. The summed E-state index contributed by atoms with van der Waals surface area (Å²) in [4.78, 5) is 17.7. The third-order valence-corrected chi connectivity index (χ3v) is 9.17. The van der Waals surface area contributed by atoms with Crippen molar-refractivity contribution in [3.8, 4) is 5.75 Å². The van der Waals surface area contributed by atoms with Crippen LogP contribution in [-0.2, 0) is 16.4 Å². The van der Waals surface area contributed by atoms with Crippen molar-refractivity contribution < 1.29 is 17.9 Å². The number of nitrogens with one attached hydrogen (secondary N) is 2. The van der Waals surface area contributed by atoms with E-state index in [1.807, 2.05) is 24.3 Å². The van der Waals surface area contributed by atoms with E-state index in [1.54, 1.807) is 43.5 Å². The van der Waals surface area contributed by atoms with E-state index >= 15 is 0 Å². The summed E-state index contributed by atoms with van der Waals surface area (Å²) in [6.07, 6.45) is 2.62. The monoisotopic (exact) mass is 548 g/mol. The SMILES string of the molecule is CCN1CCN(c2ccc(NC(=O)c3cccc(OC)c3)cc2S(=O)(=O)N[C@@H]2CCCc3ccccc32)CC1. The highest BCUT2D eigenvalue weighted by Crippen LogP contribution is 2.34. The van der Waals surface area contributed by atoms with Crippen LogP contribution in [0.4, 0.5) is 11.4 Å². The molecule has 1 aliphatic carbocycles. The van der Waals surface area contributed by atoms with Gasteiger partial charge in [-0.25, -0.2) is 13.1 Å². The number of rotatable bonds is 8. The molecule has 1 heterocycles. The van der Waals surface area contributed by atoms with Crippen molar-refractivity contribution >= 4 is 27.3 Å². The molecule has 3 aromatic carbocycles. The number of nitrogens with zero attached hydrogens (tertiary/aromatic N) is 2. The lowest BCUT2D eigenvalue weighted by Crippen LogP contribution is -2.46. The molecule has 1 amide bonds. The first kappa shape index (κ1) is 27.2. The number of ether oxygens (including phenoxy) is 1. The first-order valence-electron chi connectivity index (χ1n) is 13.5. The zero-order valence-corrected chi connectivity index (χ0v) is 23.3. The third kappa shape index (κ3) is 6.11. The summed E-state index contributed by atoms with van der Waals surface area (Å²) in [5.74, 6) is 0.236. The highest BCUT2D eigenvalue weighted by atomic mass is 32.2. The van der Waals surface area contributed by atoms with E-state index in [2.05, 4.69) is 32.8 Å². The van der Waals surface area contributed by atoms with Gasteiger partial charge in [-0.15, -0.1) is 0 Å². The van der Waals surface area contributed by atoms with Gasteiger partial charge in [0, 0.05) is 43.5 Å². The van der Waals surface area contributed by atoms with Gasteiger partial charge in [0.25, 0.3) is 5.91 Å². The fraction of sp³-hybridized carbons (Fsp3) is 0.367. The molecular weight excluding hydrogens is 512 g/mol. The number of hydrogen-bond donors (Lipinski definition) is 2. The fourth-order valence-corrected chi connectivity index (χ4v) is 6.97. The van der Waals surface area contributed by atoms with Crippen molar-refractivity contribution in [1.82, 2.24) is 9.62 Å². The number of likely N-dealkylation sites (N-methyl/N-ethyl adjacent to an activating group) is 1. The maximum Gasteiger partial charge on any atom is 0.255 e. The predicted octanol–water partition coefficient (Wildman–Crippen LogP) is 4.45. The fourth-order valence-electron chi connectivity index (χ4n) is 5.47. The molecule has 1 fully saturated rings. The minimum Gasteiger partial charge on any atom is -0.497 e. The number of fused-ring (bicyclic) bond motifs is 1. The first-order valence-corrected chi connectivity index (χ1v) is 15.0. The largest absolute Gasteiger partial charge is 0.497 e. The van der Waals surface area contributed by atoms with Gasteiger partial charge in [0.05, 0.1) is 12.8 Å². The normalized spacial score (nSPS) is 17.9. The van der Waals surface area contributed by atoms with Crippen LogP contribution in [0, 0.1) is 0 Å². The minimum absolute atomic E-state index is 0.180. The molecular formula is C30H36N4O4S. The summed E-state index contributed by atoms with van der Waals surface area (Å²) >= 11 is 0. The lowest BCUT2D eigenvalue weighted by molar-refractivity contribution is 0.102. The average molecular weight is 549 g/mol. The zero-order valence-electron chi connectivity index (χ0n) is 22.5. The molecule has 206 valence electrons. The van der Waals surface area contributed by atoms with Gasteiger partial charge in [0.2, 0.25) is 10.0 Å². The number of sulfonamides is 1. The second-order valence-corrected chi connectivity index (χ2v) is 11.7. The van der Waals surface area contributed by atoms with E-state index < -0.39 is 10.0 Å². The maximum atomic E-state index is 14.0. The minimum atomic E-state index is -3.91. The van der Waals surface area contributed by atoms with E-state index in [0.717, 1.165) is 57.5 Å². The Kier molecular flexibility index (Phi) is 8.20. The topological polar surface area (TPSA) is 91.0 Å². The van der Waals surface area contributed by atoms with E-state index in [-0.39, 0.29) is 16.8 Å². The van der Waals surface area contributed by atoms with Crippen LogP contribution in [-0.4, -0.2) is 59.1 Å². The number of amides is 1. The quantitative estimate of drug-likeness (QED) is 0.433. The number of methoxy groups -OCH3 is 1. The van der Waals surface area contributed by atoms with Crippen molar-refractivity contribution in [2.75, 3.05) is 50.1 Å². The molecule has 2 N–H and O–H groups in total. The Morgan fingerprint density at radius 2 is 1.79 bits per heavy atom. The van der Waals surface area contributed by atoms with E-state index in [0.29, 0.717) is 22.7 Å². The lowest BCUT2D eigenvalue weighted by atomic mass is 9.88. The van der Waals surface area contributed by atoms with E-state index in [4.69, 9.17) is 4.74 Å². The smallest absolute Gasteiger partial charge is 0.255 e. The molecule has 3 aromatic rings. The molecule has 0 unspecified atom stereocenters. The van der Waals surface area contributed by atoms with Crippen LogP contribution in [0.15, 0.2) is 71.6 Å². The Hall–Kier alpha value is -3.40. The van der Waals surface area contributed by atoms with Crippen LogP contribution in [0.3, 0.4) is 0 Å². The molecule has 9 heteroatoms. The van der Waals surface area contributed by atoms with Gasteiger partial charge in [-0.2, -0.15) is 0 Å². The molecule has 1 saturated heterocycles. The second-order valence-electron chi connectivity index (χ2n) is 10.1. The van der Waals surface area contributed by atoms with Gasteiger partial charge >= 0.3 is 0 Å². The van der Waals surface area contributed by atoms with Crippen LogP contribution in [0.25, 0.3) is 0 Å². The number of piperazine rings is 1. The van der Waals surface area contributed by atoms with E-state index in [9.17, 15) is 13.2 Å². The number of carbonyl (C=O) groups excluding carboxylic acids is 1. The zero-order chi connectivity index (χ0) is 27.4. The highest BCUT2D eigenvalue weighted by Gasteiger charge is 2.30. The Morgan fingerprint density at radius 1 is 1.00 bits per heavy atom. The van der Waals surface area contributed by atoms with Gasteiger partial charge < -0.3 is 19.9 Å². The van der Waals surface area contributed by atoms with Crippen molar-refractivity contribution in [2.45, 2.75) is 37.1 Å². The predicted molar refractivity (Wildman–Crippen MR) is 154 cm³/mol. The number of benzene rings is 3. The summed E-state index contributed by atoms with van der Waals surface area (Å²) in [5.41, 5.74) is 3.72. The molecule has 0 bridgehead atoms. The third-order valence-electron chi connectivity index (χ3n) is 7.67. The van der Waals surface area contributed by atoms with Gasteiger partial charge in [-0.1, -0.05) is 37.3 Å². The van der Waals surface area contributed by atoms with Crippen molar-refractivity contribution in [3.05, 3.63) is 83.4 Å². The van der Waals surface area contributed by atoms with Crippen molar-refractivity contribution in [1.29, 1.82) is 0 Å².